The highest BCUT2D eigenvalue weighted by molar-refractivity contribution is 7.99. The zero-order valence-electron chi connectivity index (χ0n) is 18.0. The second kappa shape index (κ2) is 10.3. The van der Waals surface area contributed by atoms with Crippen molar-refractivity contribution in [2.24, 2.45) is 0 Å². The maximum Gasteiger partial charge on any atom is 0.234 e. The third-order valence-electron chi connectivity index (χ3n) is 4.64. The van der Waals surface area contributed by atoms with E-state index in [0.717, 1.165) is 11.8 Å². The Morgan fingerprint density at radius 1 is 0.941 bits per heavy atom. The molecule has 0 atom stereocenters. The van der Waals surface area contributed by atoms with Crippen molar-refractivity contribution in [2.45, 2.75) is 12.1 Å². The molecular weight excluding hydrogens is 460 g/mol. The third-order valence-corrected chi connectivity index (χ3v) is 5.57. The van der Waals surface area contributed by atoms with Gasteiger partial charge < -0.3 is 10.6 Å². The molecule has 0 fully saturated rings. The molecule has 10 heteroatoms. The van der Waals surface area contributed by atoms with E-state index in [1.807, 2.05) is 30.3 Å². The van der Waals surface area contributed by atoms with Crippen molar-refractivity contribution in [1.29, 1.82) is 0 Å². The molecule has 0 aliphatic rings. The Hall–Kier alpha value is -4.05. The summed E-state index contributed by atoms with van der Waals surface area (Å²) >= 11 is 1.17. The number of hydrogen-bond donors (Lipinski definition) is 2. The molecule has 2 amide bonds. The molecule has 34 heavy (non-hydrogen) atoms. The first kappa shape index (κ1) is 23.1. The minimum absolute atomic E-state index is 0.00122. The smallest absolute Gasteiger partial charge is 0.234 e. The summed E-state index contributed by atoms with van der Waals surface area (Å²) in [5.41, 5.74) is 1.78. The van der Waals surface area contributed by atoms with Crippen LogP contribution in [0.5, 0.6) is 0 Å². The fourth-order valence-electron chi connectivity index (χ4n) is 3.17. The number of halogens is 2. The summed E-state index contributed by atoms with van der Waals surface area (Å²) < 4.78 is 29.0. The molecule has 0 radical (unpaired) electrons. The van der Waals surface area contributed by atoms with E-state index in [-0.39, 0.29) is 23.2 Å². The van der Waals surface area contributed by atoms with Crippen LogP contribution in [0.2, 0.25) is 0 Å². The number of nitrogens with one attached hydrogen (secondary N) is 2. The summed E-state index contributed by atoms with van der Waals surface area (Å²) in [5, 5.41) is 14.0. The molecule has 3 aromatic carbocycles. The van der Waals surface area contributed by atoms with Gasteiger partial charge in [-0.15, -0.1) is 10.2 Å². The van der Waals surface area contributed by atoms with Crippen LogP contribution in [-0.2, 0) is 9.59 Å². The molecule has 0 bridgehead atoms. The fraction of sp³-hybridized carbons (Fsp3) is 0.0833. The number of hydrogen-bond acceptors (Lipinski definition) is 5. The standard InChI is InChI=1S/C24H19F2N5O2S/c1-15(32)27-21-13-18(11-12-20(21)26)28-22(33)14-34-24-30-29-23(16-7-9-17(25)10-8-16)31(24)19-5-3-2-4-6-19/h2-13H,14H2,1H3,(H,27,32)(H,28,33). The normalized spacial score (nSPS) is 10.7. The van der Waals surface area contributed by atoms with E-state index in [1.165, 1.54) is 43.0 Å². The maximum atomic E-state index is 13.8. The molecular formula is C24H19F2N5O2S. The Kier molecular flexibility index (Phi) is 6.98. The van der Waals surface area contributed by atoms with Gasteiger partial charge in [0.15, 0.2) is 11.0 Å². The minimum Gasteiger partial charge on any atom is -0.325 e. The average molecular weight is 480 g/mol. The van der Waals surface area contributed by atoms with Gasteiger partial charge in [0.25, 0.3) is 0 Å². The van der Waals surface area contributed by atoms with Gasteiger partial charge in [-0.1, -0.05) is 30.0 Å². The van der Waals surface area contributed by atoms with Crippen LogP contribution in [0.3, 0.4) is 0 Å². The van der Waals surface area contributed by atoms with Gasteiger partial charge in [-0.05, 0) is 54.6 Å². The van der Waals surface area contributed by atoms with Gasteiger partial charge in [0.05, 0.1) is 11.4 Å². The Morgan fingerprint density at radius 3 is 2.38 bits per heavy atom. The topological polar surface area (TPSA) is 88.9 Å². The first-order valence-electron chi connectivity index (χ1n) is 10.2. The highest BCUT2D eigenvalue weighted by Gasteiger charge is 2.17. The van der Waals surface area contributed by atoms with Gasteiger partial charge >= 0.3 is 0 Å². The van der Waals surface area contributed by atoms with Crippen LogP contribution >= 0.6 is 11.8 Å². The summed E-state index contributed by atoms with van der Waals surface area (Å²) in [5.74, 6) is -1.23. The molecule has 2 N–H and O–H groups in total. The van der Waals surface area contributed by atoms with Crippen LogP contribution in [0, 0.1) is 11.6 Å². The molecule has 0 aliphatic carbocycles. The van der Waals surface area contributed by atoms with Gasteiger partial charge in [0, 0.05) is 23.9 Å². The Morgan fingerprint density at radius 2 is 1.68 bits per heavy atom. The Bertz CT molecular complexity index is 1330. The monoisotopic (exact) mass is 479 g/mol. The van der Waals surface area contributed by atoms with Crippen LogP contribution in [0.4, 0.5) is 20.2 Å². The lowest BCUT2D eigenvalue weighted by atomic mass is 10.2. The van der Waals surface area contributed by atoms with Crippen molar-refractivity contribution >= 4 is 35.0 Å². The molecule has 0 unspecified atom stereocenters. The molecule has 0 spiro atoms. The van der Waals surface area contributed by atoms with Crippen molar-refractivity contribution in [3.8, 4) is 17.1 Å². The van der Waals surface area contributed by atoms with Crippen molar-refractivity contribution in [1.82, 2.24) is 14.8 Å². The summed E-state index contributed by atoms with van der Waals surface area (Å²) in [7, 11) is 0. The van der Waals surface area contributed by atoms with Gasteiger partial charge in [-0.2, -0.15) is 0 Å². The van der Waals surface area contributed by atoms with Crippen LogP contribution in [0.25, 0.3) is 17.1 Å². The van der Waals surface area contributed by atoms with Crippen LogP contribution in [-0.4, -0.2) is 32.3 Å². The summed E-state index contributed by atoms with van der Waals surface area (Å²) in [6.07, 6.45) is 0. The van der Waals surface area contributed by atoms with Gasteiger partial charge in [-0.25, -0.2) is 8.78 Å². The Labute approximate surface area is 198 Å². The predicted molar refractivity (Wildman–Crippen MR) is 127 cm³/mol. The predicted octanol–water partition coefficient (Wildman–Crippen LogP) is 4.90. The number of benzene rings is 3. The van der Waals surface area contributed by atoms with Crippen molar-refractivity contribution in [3.05, 3.63) is 84.4 Å². The largest absolute Gasteiger partial charge is 0.325 e. The van der Waals surface area contributed by atoms with Crippen molar-refractivity contribution in [2.75, 3.05) is 16.4 Å². The average Bonchev–Trinajstić information content (AvgIpc) is 3.24. The number of aromatic nitrogens is 3. The van der Waals surface area contributed by atoms with Crippen LogP contribution in [0.1, 0.15) is 6.92 Å². The van der Waals surface area contributed by atoms with Crippen LogP contribution < -0.4 is 10.6 Å². The summed E-state index contributed by atoms with van der Waals surface area (Å²) in [6, 6.07) is 19.2. The molecule has 1 aromatic heterocycles. The zero-order valence-corrected chi connectivity index (χ0v) is 18.8. The lowest BCUT2D eigenvalue weighted by Gasteiger charge is -2.11. The van der Waals surface area contributed by atoms with E-state index < -0.39 is 11.7 Å². The lowest BCUT2D eigenvalue weighted by molar-refractivity contribution is -0.114. The van der Waals surface area contributed by atoms with Crippen LogP contribution in [0.15, 0.2) is 78.0 Å². The quantitative estimate of drug-likeness (QED) is 0.368. The van der Waals surface area contributed by atoms with Gasteiger partial charge in [-0.3, -0.25) is 14.2 Å². The lowest BCUT2D eigenvalue weighted by Crippen LogP contribution is -2.15. The van der Waals surface area contributed by atoms with E-state index in [0.29, 0.717) is 22.2 Å². The molecule has 0 aliphatic heterocycles. The molecule has 172 valence electrons. The highest BCUT2D eigenvalue weighted by atomic mass is 32.2. The number of carbonyl (C=O) groups excluding carboxylic acids is 2. The number of carbonyl (C=O) groups is 2. The number of nitrogens with zero attached hydrogens (tertiary/aromatic N) is 3. The van der Waals surface area contributed by atoms with E-state index in [1.54, 1.807) is 16.7 Å². The fourth-order valence-corrected chi connectivity index (χ4v) is 3.93. The van der Waals surface area contributed by atoms with Crippen molar-refractivity contribution in [3.63, 3.8) is 0 Å². The number of amides is 2. The van der Waals surface area contributed by atoms with E-state index in [4.69, 9.17) is 0 Å². The summed E-state index contributed by atoms with van der Waals surface area (Å²) in [6.45, 7) is 1.27. The van der Waals surface area contributed by atoms with Crippen molar-refractivity contribution < 1.29 is 18.4 Å². The zero-order chi connectivity index (χ0) is 24.1. The van der Waals surface area contributed by atoms with E-state index >= 15 is 0 Å². The number of thioether (sulfide) groups is 1. The molecule has 1 heterocycles. The van der Waals surface area contributed by atoms with Gasteiger partial charge in [0.2, 0.25) is 11.8 Å². The third kappa shape index (κ3) is 5.46. The van der Waals surface area contributed by atoms with E-state index in [9.17, 15) is 18.4 Å². The molecule has 0 saturated carbocycles. The Balaban J connectivity index is 1.53. The second-order valence-corrected chi connectivity index (χ2v) is 8.14. The molecule has 0 saturated heterocycles. The SMILES string of the molecule is CC(=O)Nc1cc(NC(=O)CSc2nnc(-c3ccc(F)cc3)n2-c2ccccc2)ccc1F. The number of para-hydroxylation sites is 1. The minimum atomic E-state index is -0.605. The number of rotatable bonds is 7. The summed E-state index contributed by atoms with van der Waals surface area (Å²) in [4.78, 5) is 23.8. The first-order chi connectivity index (χ1) is 16.4. The highest BCUT2D eigenvalue weighted by Crippen LogP contribution is 2.28. The molecule has 4 aromatic rings. The molecule has 7 nitrogen and oxygen atoms in total. The maximum absolute atomic E-state index is 13.8. The van der Waals surface area contributed by atoms with E-state index in [2.05, 4.69) is 20.8 Å². The number of anilines is 2. The second-order valence-electron chi connectivity index (χ2n) is 7.20. The van der Waals surface area contributed by atoms with Gasteiger partial charge in [0.1, 0.15) is 11.6 Å². The molecule has 4 rings (SSSR count). The first-order valence-corrected chi connectivity index (χ1v) is 11.2.